The Morgan fingerprint density at radius 2 is 0.485 bits per heavy atom. The fraction of sp³-hybridized carbons (Fsp3) is 0.950. The van der Waals surface area contributed by atoms with E-state index in [1.54, 1.807) is 0 Å². The van der Waals surface area contributed by atoms with Gasteiger partial charge in [-0.05, 0) is 49.4 Å². The maximum absolute atomic E-state index is 13.1. The molecule has 0 radical (unpaired) electrons. The Labute approximate surface area is 607 Å². The Bertz CT molecular complexity index is 1940. The van der Waals surface area contributed by atoms with E-state index < -0.39 is 97.5 Å². The Morgan fingerprint density at radius 1 is 0.283 bits per heavy atom. The smallest absolute Gasteiger partial charge is 0.462 e. The number of ether oxygens (including phenoxy) is 4. The van der Waals surface area contributed by atoms with E-state index in [4.69, 9.17) is 37.0 Å². The second kappa shape index (κ2) is 69.1. The zero-order chi connectivity index (χ0) is 73.1. The number of carbonyl (C=O) groups excluding carboxylic acids is 4. The molecule has 588 valence electrons. The van der Waals surface area contributed by atoms with E-state index in [2.05, 4.69) is 55.4 Å². The molecule has 4 unspecified atom stereocenters. The lowest BCUT2D eigenvalue weighted by atomic mass is 9.99. The average molecular weight is 1450 g/mol. The first-order chi connectivity index (χ1) is 47.7. The molecule has 0 saturated heterocycles. The van der Waals surface area contributed by atoms with Crippen molar-refractivity contribution in [2.75, 3.05) is 39.6 Å². The standard InChI is InChI=1S/C80H156O17P2/c1-9-72(7)58-50-42-34-28-21-17-14-15-19-23-30-36-46-54-62-79(84)96-75(66-90-77(82)60-52-44-35-29-22-18-13-11-12-16-20-26-32-40-48-56-70(3)4)68-94-98(86,87)92-64-74(81)65-93-99(88,89)95-69-76(67-91-78(83)61-53-45-39-38-43-51-59-73(8)10-2)97-80(85)63-55-47-37-31-25-24-27-33-41-49-57-71(5)6/h70-76,81H,9-69H2,1-8H3,(H,86,87)(H,88,89)/t72?,73?,74-,75-,76-/m1/s1. The lowest BCUT2D eigenvalue weighted by Crippen LogP contribution is -2.30. The number of aliphatic hydroxyl groups is 1. The van der Waals surface area contributed by atoms with Crippen LogP contribution in [0, 0.1) is 23.7 Å². The van der Waals surface area contributed by atoms with Gasteiger partial charge in [-0.1, -0.05) is 357 Å². The van der Waals surface area contributed by atoms with Crippen LogP contribution in [0.3, 0.4) is 0 Å². The number of carbonyl (C=O) groups is 4. The second-order valence-corrected chi connectivity index (χ2v) is 33.1. The molecular formula is C80H156O17P2. The third-order valence-corrected chi connectivity index (χ3v) is 21.2. The van der Waals surface area contributed by atoms with Crippen LogP contribution in [0.1, 0.15) is 409 Å². The van der Waals surface area contributed by atoms with Gasteiger partial charge in [0, 0.05) is 25.7 Å². The number of aliphatic hydroxyl groups excluding tert-OH is 1. The van der Waals surface area contributed by atoms with Crippen LogP contribution in [0.4, 0.5) is 0 Å². The highest BCUT2D eigenvalue weighted by Gasteiger charge is 2.30. The second-order valence-electron chi connectivity index (χ2n) is 30.2. The summed E-state index contributed by atoms with van der Waals surface area (Å²) in [4.78, 5) is 73.0. The Hall–Kier alpha value is -1.94. The Balaban J connectivity index is 5.25. The summed E-state index contributed by atoms with van der Waals surface area (Å²) in [5.41, 5.74) is 0. The molecule has 0 spiro atoms. The summed E-state index contributed by atoms with van der Waals surface area (Å²) in [6, 6.07) is 0. The van der Waals surface area contributed by atoms with Crippen molar-refractivity contribution in [2.24, 2.45) is 23.7 Å². The van der Waals surface area contributed by atoms with Gasteiger partial charge in [0.2, 0.25) is 0 Å². The third kappa shape index (κ3) is 71.5. The Kier molecular flexibility index (Phi) is 67.8. The van der Waals surface area contributed by atoms with Crippen molar-refractivity contribution in [1.29, 1.82) is 0 Å². The van der Waals surface area contributed by atoms with Crippen LogP contribution in [0.2, 0.25) is 0 Å². The van der Waals surface area contributed by atoms with Crippen LogP contribution in [-0.4, -0.2) is 96.7 Å². The summed E-state index contributed by atoms with van der Waals surface area (Å²) in [7, 11) is -9.92. The van der Waals surface area contributed by atoms with Gasteiger partial charge in [0.15, 0.2) is 12.2 Å². The SMILES string of the molecule is CCC(C)CCCCCCCCCCCCCCCCC(=O)O[C@H](COC(=O)CCCCCCCCCCCCCCCCCC(C)C)COP(=O)(O)OC[C@@H](O)COP(=O)(O)OC[C@@H](COC(=O)CCCCCCCCC(C)CC)OC(=O)CCCCCCCCCCCCC(C)C. The molecule has 7 atom stereocenters. The summed E-state index contributed by atoms with van der Waals surface area (Å²) in [6.07, 6.45) is 55.5. The zero-order valence-corrected chi connectivity index (χ0v) is 66.9. The van der Waals surface area contributed by atoms with Gasteiger partial charge in [-0.15, -0.1) is 0 Å². The molecule has 0 aliphatic rings. The van der Waals surface area contributed by atoms with Crippen molar-refractivity contribution in [3.63, 3.8) is 0 Å². The monoisotopic (exact) mass is 1450 g/mol. The zero-order valence-electron chi connectivity index (χ0n) is 65.1. The first-order valence-corrected chi connectivity index (χ1v) is 44.3. The van der Waals surface area contributed by atoms with Crippen molar-refractivity contribution in [1.82, 2.24) is 0 Å². The van der Waals surface area contributed by atoms with Gasteiger partial charge in [-0.3, -0.25) is 37.3 Å². The van der Waals surface area contributed by atoms with Gasteiger partial charge < -0.3 is 33.8 Å². The maximum atomic E-state index is 13.1. The fourth-order valence-corrected chi connectivity index (χ4v) is 13.8. The van der Waals surface area contributed by atoms with Gasteiger partial charge in [0.25, 0.3) is 0 Å². The van der Waals surface area contributed by atoms with E-state index >= 15 is 0 Å². The number of hydrogen-bond donors (Lipinski definition) is 3. The number of hydrogen-bond acceptors (Lipinski definition) is 15. The normalized spacial score (nSPS) is 14.6. The highest BCUT2D eigenvalue weighted by molar-refractivity contribution is 7.47. The molecular weight excluding hydrogens is 1290 g/mol. The minimum atomic E-state index is -4.96. The van der Waals surface area contributed by atoms with E-state index in [1.165, 1.54) is 205 Å². The summed E-state index contributed by atoms with van der Waals surface area (Å²) in [5, 5.41) is 10.6. The largest absolute Gasteiger partial charge is 0.472 e. The van der Waals surface area contributed by atoms with Crippen LogP contribution < -0.4 is 0 Å². The molecule has 0 amide bonds. The quantitative estimate of drug-likeness (QED) is 0.0222. The van der Waals surface area contributed by atoms with Gasteiger partial charge >= 0.3 is 39.5 Å². The molecule has 17 nitrogen and oxygen atoms in total. The number of phosphoric ester groups is 2. The molecule has 0 aliphatic carbocycles. The molecule has 19 heteroatoms. The summed E-state index contributed by atoms with van der Waals surface area (Å²) >= 11 is 0. The van der Waals surface area contributed by atoms with Crippen LogP contribution in [0.25, 0.3) is 0 Å². The van der Waals surface area contributed by atoms with Gasteiger partial charge in [-0.25, -0.2) is 9.13 Å². The topological polar surface area (TPSA) is 237 Å². The van der Waals surface area contributed by atoms with Gasteiger partial charge in [0.05, 0.1) is 26.4 Å². The van der Waals surface area contributed by atoms with Crippen molar-refractivity contribution in [3.8, 4) is 0 Å². The molecule has 0 saturated carbocycles. The minimum absolute atomic E-state index is 0.105. The number of unbranched alkanes of at least 4 members (excludes halogenated alkanes) is 41. The molecule has 0 aromatic rings. The number of phosphoric acid groups is 2. The minimum Gasteiger partial charge on any atom is -0.462 e. The van der Waals surface area contributed by atoms with Crippen molar-refractivity contribution < 1.29 is 80.2 Å². The van der Waals surface area contributed by atoms with E-state index in [-0.39, 0.29) is 25.7 Å². The van der Waals surface area contributed by atoms with E-state index in [0.29, 0.717) is 25.7 Å². The lowest BCUT2D eigenvalue weighted by molar-refractivity contribution is -0.161. The molecule has 0 heterocycles. The van der Waals surface area contributed by atoms with Crippen LogP contribution >= 0.6 is 15.6 Å². The highest BCUT2D eigenvalue weighted by atomic mass is 31.2. The molecule has 0 fully saturated rings. The van der Waals surface area contributed by atoms with Gasteiger partial charge in [0.1, 0.15) is 19.3 Å². The fourth-order valence-electron chi connectivity index (χ4n) is 12.2. The van der Waals surface area contributed by atoms with Crippen molar-refractivity contribution in [3.05, 3.63) is 0 Å². The number of rotatable bonds is 77. The summed E-state index contributed by atoms with van der Waals surface area (Å²) < 4.78 is 68.7. The predicted molar refractivity (Wildman–Crippen MR) is 404 cm³/mol. The maximum Gasteiger partial charge on any atom is 0.472 e. The van der Waals surface area contributed by atoms with Crippen molar-refractivity contribution in [2.45, 2.75) is 427 Å². The van der Waals surface area contributed by atoms with Gasteiger partial charge in [-0.2, -0.15) is 0 Å². The van der Waals surface area contributed by atoms with Crippen LogP contribution in [0.15, 0.2) is 0 Å². The number of esters is 4. The van der Waals surface area contributed by atoms with Crippen molar-refractivity contribution >= 4 is 39.5 Å². The predicted octanol–water partition coefficient (Wildman–Crippen LogP) is 23.6. The molecule has 99 heavy (non-hydrogen) atoms. The summed E-state index contributed by atoms with van der Waals surface area (Å²) in [5.74, 6) is 1.02. The molecule has 0 rings (SSSR count). The molecule has 0 aromatic carbocycles. The van der Waals surface area contributed by atoms with E-state index in [0.717, 1.165) is 120 Å². The molecule has 0 aliphatic heterocycles. The first kappa shape index (κ1) is 97.1. The highest BCUT2D eigenvalue weighted by Crippen LogP contribution is 2.45. The Morgan fingerprint density at radius 3 is 0.717 bits per heavy atom. The lowest BCUT2D eigenvalue weighted by Gasteiger charge is -2.21. The molecule has 0 aromatic heterocycles. The molecule has 0 bridgehead atoms. The van der Waals surface area contributed by atoms with E-state index in [1.807, 2.05) is 0 Å². The summed E-state index contributed by atoms with van der Waals surface area (Å²) in [6.45, 7) is 14.3. The van der Waals surface area contributed by atoms with Crippen LogP contribution in [-0.2, 0) is 65.4 Å². The molecule has 3 N–H and O–H groups in total. The average Bonchev–Trinajstić information content (AvgIpc) is 1.01. The first-order valence-electron chi connectivity index (χ1n) is 41.3. The third-order valence-electron chi connectivity index (χ3n) is 19.3. The van der Waals surface area contributed by atoms with E-state index in [9.17, 15) is 43.2 Å². The van der Waals surface area contributed by atoms with Crippen LogP contribution in [0.5, 0.6) is 0 Å².